The number of nitro groups is 1. The van der Waals surface area contributed by atoms with Gasteiger partial charge in [-0.15, -0.1) is 11.3 Å². The summed E-state index contributed by atoms with van der Waals surface area (Å²) in [6, 6.07) is 21.9. The second-order valence-electron chi connectivity index (χ2n) is 7.99. The Balaban J connectivity index is 1.60. The van der Waals surface area contributed by atoms with Gasteiger partial charge in [0.1, 0.15) is 21.9 Å². The minimum absolute atomic E-state index is 0.0276. The topological polar surface area (TPSA) is 118 Å². The van der Waals surface area contributed by atoms with Crippen LogP contribution in [-0.4, -0.2) is 29.9 Å². The van der Waals surface area contributed by atoms with Gasteiger partial charge < -0.3 is 5.32 Å². The lowest BCUT2D eigenvalue weighted by molar-refractivity contribution is -0.384. The van der Waals surface area contributed by atoms with Crippen LogP contribution in [0.3, 0.4) is 0 Å². The molecule has 5 rings (SSSR count). The first-order chi connectivity index (χ1) is 17.9. The molecule has 0 unspecified atom stereocenters. The molecule has 37 heavy (non-hydrogen) atoms. The Morgan fingerprint density at radius 3 is 2.51 bits per heavy atom. The Morgan fingerprint density at radius 1 is 1.00 bits per heavy atom. The number of fused-ring (bicyclic) bond motifs is 1. The van der Waals surface area contributed by atoms with Gasteiger partial charge in [0.2, 0.25) is 0 Å². The Hall–Kier alpha value is -4.35. The molecule has 0 fully saturated rings. The van der Waals surface area contributed by atoms with E-state index in [2.05, 4.69) is 15.3 Å². The second-order valence-corrected chi connectivity index (χ2v) is 10.7. The molecule has 0 atom stereocenters. The predicted molar refractivity (Wildman–Crippen MR) is 146 cm³/mol. The number of para-hydroxylation sites is 2. The van der Waals surface area contributed by atoms with Gasteiger partial charge in [-0.05, 0) is 36.8 Å². The monoisotopic (exact) mass is 531 g/mol. The van der Waals surface area contributed by atoms with Gasteiger partial charge >= 0.3 is 0 Å². The van der Waals surface area contributed by atoms with E-state index in [1.54, 1.807) is 67.6 Å². The van der Waals surface area contributed by atoms with Crippen LogP contribution in [0.1, 0.15) is 6.92 Å². The molecule has 0 saturated heterocycles. The lowest BCUT2D eigenvalue weighted by Crippen LogP contribution is -2.31. The average molecular weight is 532 g/mol. The van der Waals surface area contributed by atoms with Crippen LogP contribution in [-0.2, 0) is 10.0 Å². The maximum atomic E-state index is 13.8. The molecule has 0 aliphatic heterocycles. The molecule has 0 amide bonds. The highest BCUT2D eigenvalue weighted by Gasteiger charge is 2.27. The van der Waals surface area contributed by atoms with Gasteiger partial charge in [-0.2, -0.15) is 0 Å². The normalized spacial score (nSPS) is 11.4. The summed E-state index contributed by atoms with van der Waals surface area (Å²) in [5.41, 5.74) is 2.25. The molecular formula is C26H21N5O4S2. The zero-order valence-electron chi connectivity index (χ0n) is 19.6. The first-order valence-electron chi connectivity index (χ1n) is 11.3. The highest BCUT2D eigenvalue weighted by Crippen LogP contribution is 2.39. The standard InChI is InChI=1S/C26H21N5O4S2/c1-2-30(19-10-4-3-5-11-19)37(34,35)23-14-7-6-13-22(23)29-25-24-21(16-36-26(24)28-17-27-25)18-9-8-12-20(15-18)31(32)33/h3-17H,2H2,1H3,(H,27,28,29). The first kappa shape index (κ1) is 24.3. The summed E-state index contributed by atoms with van der Waals surface area (Å²) in [6.07, 6.45) is 1.40. The number of hydrogen-bond acceptors (Lipinski definition) is 8. The van der Waals surface area contributed by atoms with Gasteiger partial charge in [0.05, 0.1) is 21.7 Å². The zero-order valence-corrected chi connectivity index (χ0v) is 21.2. The number of anilines is 3. The number of nitrogens with one attached hydrogen (secondary N) is 1. The van der Waals surface area contributed by atoms with Gasteiger partial charge in [-0.1, -0.05) is 42.5 Å². The number of nitro benzene ring substituents is 1. The maximum absolute atomic E-state index is 13.8. The SMILES string of the molecule is CCN(c1ccccc1)S(=O)(=O)c1ccccc1Nc1ncnc2scc(-c3cccc([N+](=O)[O-])c3)c12. The van der Waals surface area contributed by atoms with Crippen LogP contribution in [0.4, 0.5) is 22.9 Å². The number of non-ortho nitro benzene ring substituents is 1. The summed E-state index contributed by atoms with van der Waals surface area (Å²) >= 11 is 1.38. The Labute approximate surface area is 217 Å². The van der Waals surface area contributed by atoms with Crippen molar-refractivity contribution in [3.8, 4) is 11.1 Å². The summed E-state index contributed by atoms with van der Waals surface area (Å²) in [4.78, 5) is 20.4. The Kier molecular flexibility index (Phi) is 6.55. The van der Waals surface area contributed by atoms with Crippen molar-refractivity contribution in [2.75, 3.05) is 16.2 Å². The van der Waals surface area contributed by atoms with Crippen molar-refractivity contribution in [2.45, 2.75) is 11.8 Å². The largest absolute Gasteiger partial charge is 0.338 e. The maximum Gasteiger partial charge on any atom is 0.270 e. The Bertz CT molecular complexity index is 1700. The van der Waals surface area contributed by atoms with Gasteiger partial charge in [0.25, 0.3) is 15.7 Å². The molecule has 0 aliphatic carbocycles. The van der Waals surface area contributed by atoms with Crippen molar-refractivity contribution >= 4 is 54.5 Å². The molecule has 0 bridgehead atoms. The number of nitrogens with zero attached hydrogens (tertiary/aromatic N) is 4. The molecule has 1 N–H and O–H groups in total. The number of aromatic nitrogens is 2. The first-order valence-corrected chi connectivity index (χ1v) is 13.6. The summed E-state index contributed by atoms with van der Waals surface area (Å²) in [5, 5.41) is 17.0. The molecule has 5 aromatic rings. The highest BCUT2D eigenvalue weighted by atomic mass is 32.2. The molecule has 11 heteroatoms. The van der Waals surface area contributed by atoms with Crippen LogP contribution in [0.25, 0.3) is 21.3 Å². The third-order valence-corrected chi connectivity index (χ3v) is 8.63. The molecule has 0 radical (unpaired) electrons. The van der Waals surface area contributed by atoms with Gasteiger partial charge in [-0.3, -0.25) is 14.4 Å². The van der Waals surface area contributed by atoms with Crippen LogP contribution in [0, 0.1) is 10.1 Å². The smallest absolute Gasteiger partial charge is 0.270 e. The molecule has 0 aliphatic rings. The second kappa shape index (κ2) is 9.96. The van der Waals surface area contributed by atoms with Crippen molar-refractivity contribution in [3.05, 3.63) is 101 Å². The van der Waals surface area contributed by atoms with Crippen molar-refractivity contribution < 1.29 is 13.3 Å². The molecule has 9 nitrogen and oxygen atoms in total. The third-order valence-electron chi connectivity index (χ3n) is 5.78. The number of sulfonamides is 1. The lowest BCUT2D eigenvalue weighted by atomic mass is 10.1. The molecule has 2 heterocycles. The summed E-state index contributed by atoms with van der Waals surface area (Å²) in [6.45, 7) is 2.03. The number of benzene rings is 3. The zero-order chi connectivity index (χ0) is 26.0. The molecule has 0 saturated carbocycles. The van der Waals surface area contributed by atoms with Crippen molar-refractivity contribution in [1.82, 2.24) is 9.97 Å². The van der Waals surface area contributed by atoms with Crippen molar-refractivity contribution in [3.63, 3.8) is 0 Å². The van der Waals surface area contributed by atoms with E-state index in [4.69, 9.17) is 0 Å². The fourth-order valence-corrected chi connectivity index (χ4v) is 6.64. The molecule has 0 spiro atoms. The van der Waals surface area contributed by atoms with E-state index in [1.807, 2.05) is 11.4 Å². The van der Waals surface area contributed by atoms with Gasteiger partial charge in [0, 0.05) is 29.6 Å². The summed E-state index contributed by atoms with van der Waals surface area (Å²) in [5.74, 6) is 0.401. The van der Waals surface area contributed by atoms with E-state index in [9.17, 15) is 18.5 Å². The number of thiophene rings is 1. The van der Waals surface area contributed by atoms with Gasteiger partial charge in [-0.25, -0.2) is 18.4 Å². The van der Waals surface area contributed by atoms with E-state index in [0.717, 1.165) is 0 Å². The summed E-state index contributed by atoms with van der Waals surface area (Å²) < 4.78 is 28.9. The minimum Gasteiger partial charge on any atom is -0.338 e. The predicted octanol–water partition coefficient (Wildman–Crippen LogP) is 6.23. The lowest BCUT2D eigenvalue weighted by Gasteiger charge is -2.24. The van der Waals surface area contributed by atoms with E-state index in [0.29, 0.717) is 38.5 Å². The van der Waals surface area contributed by atoms with Gasteiger partial charge in [0.15, 0.2) is 0 Å². The van der Waals surface area contributed by atoms with E-state index in [-0.39, 0.29) is 17.1 Å². The number of hydrogen-bond donors (Lipinski definition) is 1. The quantitative estimate of drug-likeness (QED) is 0.186. The fraction of sp³-hybridized carbons (Fsp3) is 0.0769. The molecule has 3 aromatic carbocycles. The van der Waals surface area contributed by atoms with Crippen LogP contribution in [0.5, 0.6) is 0 Å². The highest BCUT2D eigenvalue weighted by molar-refractivity contribution is 7.93. The molecule has 2 aromatic heterocycles. The molecule has 186 valence electrons. The average Bonchev–Trinajstić information content (AvgIpc) is 3.35. The molecular weight excluding hydrogens is 510 g/mol. The van der Waals surface area contributed by atoms with Crippen LogP contribution in [0.15, 0.2) is 95.5 Å². The minimum atomic E-state index is -3.92. The number of rotatable bonds is 8. The van der Waals surface area contributed by atoms with E-state index >= 15 is 0 Å². The van der Waals surface area contributed by atoms with E-state index < -0.39 is 14.9 Å². The van der Waals surface area contributed by atoms with Crippen LogP contribution in [0.2, 0.25) is 0 Å². The summed E-state index contributed by atoms with van der Waals surface area (Å²) in [7, 11) is -3.92. The van der Waals surface area contributed by atoms with Crippen LogP contribution < -0.4 is 9.62 Å². The Morgan fingerprint density at radius 2 is 1.76 bits per heavy atom. The van der Waals surface area contributed by atoms with Crippen LogP contribution >= 0.6 is 11.3 Å². The third kappa shape index (κ3) is 4.61. The van der Waals surface area contributed by atoms with E-state index in [1.165, 1.54) is 34.1 Å². The fourth-order valence-electron chi connectivity index (χ4n) is 4.10. The van der Waals surface area contributed by atoms with Crippen molar-refractivity contribution in [1.29, 1.82) is 0 Å². The van der Waals surface area contributed by atoms with Crippen molar-refractivity contribution in [2.24, 2.45) is 0 Å².